The minimum absolute atomic E-state index is 0. The second-order valence-electron chi connectivity index (χ2n) is 5.31. The molecule has 0 radical (unpaired) electrons. The number of halogens is 3. The lowest BCUT2D eigenvalue weighted by Crippen LogP contribution is -2.37. The van der Waals surface area contributed by atoms with Gasteiger partial charge in [0.05, 0.1) is 19.2 Å². The van der Waals surface area contributed by atoms with Crippen molar-refractivity contribution >= 4 is 29.9 Å². The van der Waals surface area contributed by atoms with Gasteiger partial charge in [-0.05, 0) is 24.3 Å². The summed E-state index contributed by atoms with van der Waals surface area (Å²) in [4.78, 5) is 4.10. The summed E-state index contributed by atoms with van der Waals surface area (Å²) in [6.45, 7) is 0.563. The normalized spacial score (nSPS) is 16.6. The predicted octanol–water partition coefficient (Wildman–Crippen LogP) is 3.51. The molecule has 0 aliphatic carbocycles. The van der Waals surface area contributed by atoms with Crippen molar-refractivity contribution in [3.63, 3.8) is 0 Å². The molecule has 0 saturated carbocycles. The Morgan fingerprint density at radius 3 is 2.88 bits per heavy atom. The van der Waals surface area contributed by atoms with Crippen LogP contribution in [0, 0.1) is 11.6 Å². The van der Waals surface area contributed by atoms with Crippen molar-refractivity contribution in [2.45, 2.75) is 19.0 Å². The Balaban J connectivity index is 0.00000208. The Hall–Kier alpha value is -1.90. The third-order valence-corrected chi connectivity index (χ3v) is 3.71. The fourth-order valence-electron chi connectivity index (χ4n) is 2.55. The molecule has 3 N–H and O–H groups in total. The summed E-state index contributed by atoms with van der Waals surface area (Å²) in [5.74, 6) is 0.0106. The van der Waals surface area contributed by atoms with Crippen molar-refractivity contribution in [2.24, 2.45) is 10.7 Å². The van der Waals surface area contributed by atoms with Gasteiger partial charge >= 0.3 is 0 Å². The van der Waals surface area contributed by atoms with Gasteiger partial charge in [-0.3, -0.25) is 0 Å². The van der Waals surface area contributed by atoms with E-state index >= 15 is 0 Å². The summed E-state index contributed by atoms with van der Waals surface area (Å²) in [5, 5.41) is 3.11. The first-order valence-corrected chi connectivity index (χ1v) is 7.35. The van der Waals surface area contributed by atoms with Crippen molar-refractivity contribution in [2.75, 3.05) is 6.61 Å². The maximum absolute atomic E-state index is 13.6. The van der Waals surface area contributed by atoms with Crippen LogP contribution in [-0.4, -0.2) is 12.6 Å². The number of para-hydroxylation sites is 1. The molecule has 24 heavy (non-hydrogen) atoms. The molecule has 128 valence electrons. The molecular weight excluding hydrogens is 427 g/mol. The van der Waals surface area contributed by atoms with Crippen molar-refractivity contribution in [3.8, 4) is 5.75 Å². The summed E-state index contributed by atoms with van der Waals surface area (Å²) in [7, 11) is 0. The van der Waals surface area contributed by atoms with Crippen LogP contribution in [-0.2, 0) is 6.54 Å². The number of ether oxygens (including phenoxy) is 1. The zero-order valence-corrected chi connectivity index (χ0v) is 15.2. The Kier molecular flexibility index (Phi) is 6.36. The first kappa shape index (κ1) is 18.4. The summed E-state index contributed by atoms with van der Waals surface area (Å²) in [6.07, 6.45) is 0.752. The van der Waals surface area contributed by atoms with Gasteiger partial charge in [-0.2, -0.15) is 0 Å². The van der Waals surface area contributed by atoms with Gasteiger partial charge in [0.1, 0.15) is 17.4 Å². The summed E-state index contributed by atoms with van der Waals surface area (Å²) in [6, 6.07) is 11.0. The highest BCUT2D eigenvalue weighted by Gasteiger charge is 2.21. The quantitative estimate of drug-likeness (QED) is 0.432. The highest BCUT2D eigenvalue weighted by Crippen LogP contribution is 2.31. The van der Waals surface area contributed by atoms with Gasteiger partial charge in [-0.1, -0.05) is 18.2 Å². The molecule has 2 aromatic carbocycles. The smallest absolute Gasteiger partial charge is 0.189 e. The maximum Gasteiger partial charge on any atom is 0.189 e. The monoisotopic (exact) mass is 445 g/mol. The maximum atomic E-state index is 13.6. The highest BCUT2D eigenvalue weighted by molar-refractivity contribution is 14.0. The van der Waals surface area contributed by atoms with Crippen LogP contribution in [0.15, 0.2) is 47.5 Å². The number of hydrogen-bond donors (Lipinski definition) is 2. The van der Waals surface area contributed by atoms with Gasteiger partial charge in [0, 0.05) is 17.5 Å². The van der Waals surface area contributed by atoms with Gasteiger partial charge < -0.3 is 15.8 Å². The molecule has 0 saturated heterocycles. The SMILES string of the molecule is I.NC(=NCc1cc(F)ccc1F)NC1CCOc2ccccc21. The van der Waals surface area contributed by atoms with Crippen molar-refractivity contribution in [3.05, 3.63) is 65.2 Å². The predicted molar refractivity (Wildman–Crippen MR) is 99.5 cm³/mol. The first-order valence-electron chi connectivity index (χ1n) is 7.35. The van der Waals surface area contributed by atoms with Gasteiger partial charge in [0.15, 0.2) is 5.96 Å². The van der Waals surface area contributed by atoms with E-state index in [2.05, 4.69) is 10.3 Å². The van der Waals surface area contributed by atoms with E-state index in [-0.39, 0.29) is 48.1 Å². The van der Waals surface area contributed by atoms with Crippen molar-refractivity contribution in [1.29, 1.82) is 0 Å². The molecule has 0 amide bonds. The molecule has 3 rings (SSSR count). The van der Waals surface area contributed by atoms with Crippen LogP contribution in [0.5, 0.6) is 5.75 Å². The average Bonchev–Trinajstić information content (AvgIpc) is 2.56. The highest BCUT2D eigenvalue weighted by atomic mass is 127. The fraction of sp³-hybridized carbons (Fsp3) is 0.235. The minimum atomic E-state index is -0.501. The van der Waals surface area contributed by atoms with Crippen molar-refractivity contribution < 1.29 is 13.5 Å². The van der Waals surface area contributed by atoms with E-state index in [0.717, 1.165) is 35.9 Å². The molecule has 1 aliphatic rings. The zero-order valence-electron chi connectivity index (χ0n) is 12.8. The lowest BCUT2D eigenvalue weighted by molar-refractivity contribution is 0.262. The van der Waals surface area contributed by atoms with Crippen LogP contribution in [0.4, 0.5) is 8.78 Å². The van der Waals surface area contributed by atoms with E-state index < -0.39 is 11.6 Å². The number of nitrogens with zero attached hydrogens (tertiary/aromatic N) is 1. The number of hydrogen-bond acceptors (Lipinski definition) is 2. The molecule has 1 unspecified atom stereocenters. The molecule has 1 atom stereocenters. The second kappa shape index (κ2) is 8.27. The third kappa shape index (κ3) is 4.34. The molecule has 0 bridgehead atoms. The Morgan fingerprint density at radius 1 is 1.25 bits per heavy atom. The number of nitrogens with two attached hydrogens (primary N) is 1. The van der Waals surface area contributed by atoms with Crippen LogP contribution in [0.1, 0.15) is 23.6 Å². The van der Waals surface area contributed by atoms with E-state index in [1.54, 1.807) is 0 Å². The van der Waals surface area contributed by atoms with Gasteiger partial charge in [-0.25, -0.2) is 13.8 Å². The standard InChI is InChI=1S/C17H17F2N3O.HI/c18-12-5-6-14(19)11(9-12)10-21-17(20)22-15-7-8-23-16-4-2-1-3-13(15)16;/h1-6,9,15H,7-8,10H2,(H3,20,21,22);1H. The third-order valence-electron chi connectivity index (χ3n) is 3.71. The lowest BCUT2D eigenvalue weighted by Gasteiger charge is -2.26. The summed E-state index contributed by atoms with van der Waals surface area (Å²) < 4.78 is 32.3. The van der Waals surface area contributed by atoms with Crippen LogP contribution in [0.3, 0.4) is 0 Å². The molecule has 2 aromatic rings. The number of aliphatic imine (C=N–C) groups is 1. The van der Waals surface area contributed by atoms with Gasteiger partial charge in [0.25, 0.3) is 0 Å². The van der Waals surface area contributed by atoms with Crippen LogP contribution >= 0.6 is 24.0 Å². The topological polar surface area (TPSA) is 59.6 Å². The van der Waals surface area contributed by atoms with Crippen LogP contribution in [0.25, 0.3) is 0 Å². The van der Waals surface area contributed by atoms with E-state index in [9.17, 15) is 8.78 Å². The summed E-state index contributed by atoms with van der Waals surface area (Å²) >= 11 is 0. The first-order chi connectivity index (χ1) is 11.1. The number of benzene rings is 2. The van der Waals surface area contributed by atoms with E-state index in [4.69, 9.17) is 10.5 Å². The van der Waals surface area contributed by atoms with E-state index in [1.165, 1.54) is 0 Å². The van der Waals surface area contributed by atoms with Crippen LogP contribution in [0.2, 0.25) is 0 Å². The largest absolute Gasteiger partial charge is 0.493 e. The van der Waals surface area contributed by atoms with Gasteiger partial charge in [0.2, 0.25) is 0 Å². The molecule has 7 heteroatoms. The minimum Gasteiger partial charge on any atom is -0.493 e. The van der Waals surface area contributed by atoms with E-state index in [1.807, 2.05) is 24.3 Å². The Labute approximate surface area is 156 Å². The number of rotatable bonds is 3. The lowest BCUT2D eigenvalue weighted by atomic mass is 10.0. The molecule has 0 fully saturated rings. The Bertz CT molecular complexity index is 740. The molecule has 0 spiro atoms. The molecular formula is C17H18F2IN3O. The van der Waals surface area contributed by atoms with Crippen molar-refractivity contribution in [1.82, 2.24) is 5.32 Å². The molecule has 1 aliphatic heterocycles. The Morgan fingerprint density at radius 2 is 2.04 bits per heavy atom. The molecule has 1 heterocycles. The second-order valence-corrected chi connectivity index (χ2v) is 5.31. The average molecular weight is 445 g/mol. The fourth-order valence-corrected chi connectivity index (χ4v) is 2.55. The molecule has 4 nitrogen and oxygen atoms in total. The summed E-state index contributed by atoms with van der Waals surface area (Å²) in [5.41, 5.74) is 7.06. The van der Waals surface area contributed by atoms with Crippen LogP contribution < -0.4 is 15.8 Å². The molecule has 0 aromatic heterocycles. The number of nitrogens with one attached hydrogen (secondary N) is 1. The van der Waals surface area contributed by atoms with E-state index in [0.29, 0.717) is 6.61 Å². The van der Waals surface area contributed by atoms with Gasteiger partial charge in [-0.15, -0.1) is 24.0 Å². The zero-order chi connectivity index (χ0) is 16.2. The number of guanidine groups is 1. The number of fused-ring (bicyclic) bond motifs is 1.